The minimum absolute atomic E-state index is 0.0344. The van der Waals surface area contributed by atoms with Gasteiger partial charge >= 0.3 is 35.5 Å². The third kappa shape index (κ3) is 5.19. The summed E-state index contributed by atoms with van der Waals surface area (Å²) in [5.74, 6) is -34.0. The Morgan fingerprint density at radius 2 is 0.603 bits per heavy atom. The molecule has 0 saturated heterocycles. The fraction of sp³-hybridized carbons (Fsp3) is 0.500. The van der Waals surface area contributed by atoms with E-state index in [2.05, 4.69) is 13.8 Å². The standard InChI is InChI=1S/C44H40F12O2/c1-3-5-7-9-11-13-21-57-27-19-17-25-31-29-23(35-37(25)41(49,50)43(53,54)39(35,45)46)15-16-24-30(29)32-26(38-36(24)40(47,48)44(55,56)42(38,51)52)18-20-28(34(32)33(27)31)58-22-14-12-10-8-6-4-2/h15-20H,3-14,21-22H2,1-2H3. The molecule has 2 nitrogen and oxygen atoms in total. The molecule has 14 heteroatoms. The van der Waals surface area contributed by atoms with Crippen LogP contribution in [0.25, 0.3) is 53.9 Å². The Labute approximate surface area is 325 Å². The summed E-state index contributed by atoms with van der Waals surface area (Å²) >= 11 is 0. The van der Waals surface area contributed by atoms with Gasteiger partial charge in [0.1, 0.15) is 11.5 Å². The molecule has 0 atom stereocenters. The van der Waals surface area contributed by atoms with E-state index in [1.807, 2.05) is 0 Å². The average Bonchev–Trinajstić information content (AvgIpc) is 3.36. The molecule has 6 aromatic rings. The molecule has 0 N–H and O–H groups in total. The van der Waals surface area contributed by atoms with Crippen LogP contribution in [-0.2, 0) is 23.7 Å². The molecule has 2 aliphatic rings. The summed E-state index contributed by atoms with van der Waals surface area (Å²) in [6.45, 7) is 4.17. The zero-order chi connectivity index (χ0) is 41.8. The van der Waals surface area contributed by atoms with E-state index in [1.165, 1.54) is 0 Å². The van der Waals surface area contributed by atoms with Crippen LogP contribution in [0.1, 0.15) is 113 Å². The first-order chi connectivity index (χ1) is 27.3. The first-order valence-corrected chi connectivity index (χ1v) is 19.9. The number of benzene rings is 6. The summed E-state index contributed by atoms with van der Waals surface area (Å²) in [5, 5.41) is -5.51. The van der Waals surface area contributed by atoms with Crippen molar-refractivity contribution in [1.29, 1.82) is 0 Å². The van der Waals surface area contributed by atoms with Crippen molar-refractivity contribution in [1.82, 2.24) is 0 Å². The molecular weight excluding hydrogens is 788 g/mol. The summed E-state index contributed by atoms with van der Waals surface area (Å²) in [5.41, 5.74) is -6.92. The van der Waals surface area contributed by atoms with Crippen LogP contribution in [0.2, 0.25) is 0 Å². The Morgan fingerprint density at radius 1 is 0.345 bits per heavy atom. The van der Waals surface area contributed by atoms with Crippen molar-refractivity contribution in [3.63, 3.8) is 0 Å². The molecule has 0 bridgehead atoms. The lowest BCUT2D eigenvalue weighted by atomic mass is 9.79. The highest BCUT2D eigenvalue weighted by Crippen LogP contribution is 2.70. The van der Waals surface area contributed by atoms with Crippen LogP contribution < -0.4 is 9.47 Å². The maximum atomic E-state index is 15.9. The third-order valence-electron chi connectivity index (χ3n) is 12.2. The third-order valence-corrected chi connectivity index (χ3v) is 12.2. The van der Waals surface area contributed by atoms with Crippen LogP contribution in [0.3, 0.4) is 0 Å². The second-order valence-corrected chi connectivity index (χ2v) is 15.8. The van der Waals surface area contributed by atoms with E-state index in [9.17, 15) is 0 Å². The number of fused-ring (bicyclic) bond motifs is 7. The highest BCUT2D eigenvalue weighted by molar-refractivity contribution is 6.43. The van der Waals surface area contributed by atoms with Crippen LogP contribution in [-0.4, -0.2) is 25.1 Å². The lowest BCUT2D eigenvalue weighted by molar-refractivity contribution is -0.302. The molecule has 6 aromatic carbocycles. The number of hydrogen-bond donors (Lipinski definition) is 0. The Kier molecular flexibility index (Phi) is 9.62. The quantitative estimate of drug-likeness (QED) is 0.0419. The minimum atomic E-state index is -5.96. The fourth-order valence-corrected chi connectivity index (χ4v) is 9.37. The monoisotopic (exact) mass is 828 g/mol. The lowest BCUT2D eigenvalue weighted by Crippen LogP contribution is -2.43. The summed E-state index contributed by atoms with van der Waals surface area (Å²) in [6, 6.07) is 5.27. The smallest absolute Gasteiger partial charge is 0.380 e. The van der Waals surface area contributed by atoms with E-state index in [0.717, 1.165) is 88.5 Å². The Hall–Kier alpha value is -4.10. The van der Waals surface area contributed by atoms with Crippen molar-refractivity contribution in [2.24, 2.45) is 0 Å². The fourth-order valence-electron chi connectivity index (χ4n) is 9.37. The van der Waals surface area contributed by atoms with Gasteiger partial charge in [-0.05, 0) is 57.3 Å². The molecule has 0 amide bonds. The van der Waals surface area contributed by atoms with E-state index in [0.29, 0.717) is 25.0 Å². The molecule has 8 rings (SSSR count). The molecule has 0 saturated carbocycles. The SMILES string of the molecule is CCCCCCCCOc1ccc2c3c(c4ccc5c6c(c7ccc(OCCCCCCCC)c8c1c2c4c5c78)C(F)(F)C(F)(F)C6(F)F)C(F)(F)C(F)(F)C3(F)F. The number of halogens is 12. The van der Waals surface area contributed by atoms with Crippen molar-refractivity contribution in [3.05, 3.63) is 58.7 Å². The first-order valence-electron chi connectivity index (χ1n) is 19.9. The second-order valence-electron chi connectivity index (χ2n) is 15.8. The van der Waals surface area contributed by atoms with Crippen molar-refractivity contribution < 1.29 is 62.2 Å². The highest BCUT2D eigenvalue weighted by Gasteiger charge is 2.81. The zero-order valence-electron chi connectivity index (χ0n) is 31.7. The molecule has 0 aromatic heterocycles. The largest absolute Gasteiger partial charge is 0.493 e. The van der Waals surface area contributed by atoms with Gasteiger partial charge in [-0.2, -0.15) is 52.7 Å². The zero-order valence-corrected chi connectivity index (χ0v) is 31.7. The summed E-state index contributed by atoms with van der Waals surface area (Å²) in [4.78, 5) is 0. The molecular formula is C44H40F12O2. The van der Waals surface area contributed by atoms with Crippen molar-refractivity contribution in [3.8, 4) is 11.5 Å². The van der Waals surface area contributed by atoms with Gasteiger partial charge in [0.2, 0.25) is 0 Å². The van der Waals surface area contributed by atoms with Gasteiger partial charge in [0.05, 0.1) is 13.2 Å². The van der Waals surface area contributed by atoms with Crippen molar-refractivity contribution in [2.75, 3.05) is 13.2 Å². The van der Waals surface area contributed by atoms with E-state index >= 15 is 52.7 Å². The van der Waals surface area contributed by atoms with E-state index in [-0.39, 0.29) is 46.3 Å². The molecule has 0 radical (unpaired) electrons. The Morgan fingerprint density at radius 3 is 0.914 bits per heavy atom. The number of unbranched alkanes of at least 4 members (excludes halogenated alkanes) is 10. The Bertz CT molecular complexity index is 2350. The molecule has 2 aliphatic carbocycles. The van der Waals surface area contributed by atoms with Crippen molar-refractivity contribution in [2.45, 2.75) is 126 Å². The normalized spacial score (nSPS) is 19.6. The molecule has 0 spiro atoms. The van der Waals surface area contributed by atoms with Crippen LogP contribution in [0.15, 0.2) is 36.4 Å². The van der Waals surface area contributed by atoms with Gasteiger partial charge in [-0.25, -0.2) is 0 Å². The van der Waals surface area contributed by atoms with Gasteiger partial charge in [0.15, 0.2) is 0 Å². The van der Waals surface area contributed by atoms with Crippen molar-refractivity contribution >= 4 is 53.9 Å². The number of rotatable bonds is 16. The summed E-state index contributed by atoms with van der Waals surface area (Å²) < 4.78 is 201. The van der Waals surface area contributed by atoms with Gasteiger partial charge in [-0.1, -0.05) is 102 Å². The molecule has 0 aliphatic heterocycles. The van der Waals surface area contributed by atoms with Gasteiger partial charge in [-0.15, -0.1) is 0 Å². The van der Waals surface area contributed by atoms with Crippen LogP contribution in [0.5, 0.6) is 11.5 Å². The van der Waals surface area contributed by atoms with E-state index < -0.39 is 90.1 Å². The average molecular weight is 829 g/mol. The second kappa shape index (κ2) is 13.7. The van der Waals surface area contributed by atoms with Crippen LogP contribution in [0.4, 0.5) is 52.7 Å². The number of alkyl halides is 12. The van der Waals surface area contributed by atoms with Gasteiger partial charge in [0, 0.05) is 43.8 Å². The van der Waals surface area contributed by atoms with E-state index in [1.54, 1.807) is 0 Å². The predicted molar refractivity (Wildman–Crippen MR) is 200 cm³/mol. The molecule has 312 valence electrons. The Balaban J connectivity index is 1.50. The molecule has 58 heavy (non-hydrogen) atoms. The van der Waals surface area contributed by atoms with Gasteiger partial charge in [-0.3, -0.25) is 0 Å². The number of hydrogen-bond acceptors (Lipinski definition) is 2. The first kappa shape index (κ1) is 40.7. The topological polar surface area (TPSA) is 18.5 Å². The molecule has 0 unspecified atom stereocenters. The highest BCUT2D eigenvalue weighted by atomic mass is 19.4. The summed E-state index contributed by atoms with van der Waals surface area (Å²) in [6.07, 6.45) is 10.1. The lowest BCUT2D eigenvalue weighted by Gasteiger charge is -2.26. The minimum Gasteiger partial charge on any atom is -0.493 e. The van der Waals surface area contributed by atoms with E-state index in [4.69, 9.17) is 9.47 Å². The predicted octanol–water partition coefficient (Wildman–Crippen LogP) is 15.5. The van der Waals surface area contributed by atoms with Crippen LogP contribution >= 0.6 is 0 Å². The van der Waals surface area contributed by atoms with Crippen LogP contribution in [0, 0.1) is 0 Å². The van der Waals surface area contributed by atoms with Gasteiger partial charge < -0.3 is 9.47 Å². The maximum Gasteiger partial charge on any atom is 0.380 e. The van der Waals surface area contributed by atoms with Gasteiger partial charge in [0.25, 0.3) is 0 Å². The summed E-state index contributed by atoms with van der Waals surface area (Å²) in [7, 11) is 0. The molecule has 0 fully saturated rings. The molecule has 0 heterocycles. The number of ether oxygens (including phenoxy) is 2. The maximum absolute atomic E-state index is 15.9.